The first kappa shape index (κ1) is 21.1. The number of benzene rings is 1. The topological polar surface area (TPSA) is 99.9 Å². The SMILES string of the molecule is C=Cc1cc(Nc2nc(=S)[nH]c(=S)[nH]2)ccc1N(CC)CC(=O)[O-].[Li+]. The number of aromatic nitrogens is 3. The number of nitrogens with zero attached hydrogens (tertiary/aromatic N) is 2. The van der Waals surface area contributed by atoms with Gasteiger partial charge >= 0.3 is 18.9 Å². The predicted molar refractivity (Wildman–Crippen MR) is 97.3 cm³/mol. The summed E-state index contributed by atoms with van der Waals surface area (Å²) in [6, 6.07) is 5.45. The average Bonchev–Trinajstić information content (AvgIpc) is 2.51. The molecule has 0 radical (unpaired) electrons. The van der Waals surface area contributed by atoms with Crippen LogP contribution >= 0.6 is 24.4 Å². The van der Waals surface area contributed by atoms with Gasteiger partial charge in [0.15, 0.2) is 4.77 Å². The fourth-order valence-corrected chi connectivity index (χ4v) is 2.65. The second kappa shape index (κ2) is 9.53. The summed E-state index contributed by atoms with van der Waals surface area (Å²) in [5.74, 6) is -0.724. The van der Waals surface area contributed by atoms with E-state index in [1.807, 2.05) is 19.1 Å². The quantitative estimate of drug-likeness (QED) is 0.432. The predicted octanol–water partition coefficient (Wildman–Crippen LogP) is -0.836. The van der Waals surface area contributed by atoms with Crippen LogP contribution < -0.4 is 34.2 Å². The van der Waals surface area contributed by atoms with Gasteiger partial charge in [0.1, 0.15) is 0 Å². The number of carbonyl (C=O) groups excluding carboxylic acids is 1. The van der Waals surface area contributed by atoms with Crippen molar-refractivity contribution >= 4 is 53.8 Å². The molecule has 0 unspecified atom stereocenters. The van der Waals surface area contributed by atoms with Crippen LogP contribution in [0.25, 0.3) is 6.08 Å². The summed E-state index contributed by atoms with van der Waals surface area (Å²) < 4.78 is 0.636. The van der Waals surface area contributed by atoms with Gasteiger partial charge in [-0.2, -0.15) is 4.98 Å². The Balaban J connectivity index is 0.00000312. The molecular weight excluding hydrogens is 353 g/mol. The minimum atomic E-state index is -1.13. The Morgan fingerprint density at radius 2 is 2.16 bits per heavy atom. The molecule has 0 aliphatic rings. The first-order valence-electron chi connectivity index (χ1n) is 7.12. The van der Waals surface area contributed by atoms with Gasteiger partial charge in [0.25, 0.3) is 0 Å². The van der Waals surface area contributed by atoms with E-state index < -0.39 is 5.97 Å². The number of anilines is 3. The van der Waals surface area contributed by atoms with E-state index in [0.29, 0.717) is 17.3 Å². The maximum Gasteiger partial charge on any atom is 1.00 e. The zero-order valence-corrected chi connectivity index (χ0v) is 15.6. The third-order valence-corrected chi connectivity index (χ3v) is 3.62. The van der Waals surface area contributed by atoms with Gasteiger partial charge in [-0.05, 0) is 55.1 Å². The summed E-state index contributed by atoms with van der Waals surface area (Å²) in [5, 5.41) is 14.0. The van der Waals surface area contributed by atoms with E-state index >= 15 is 0 Å². The van der Waals surface area contributed by atoms with Crippen LogP contribution in [0.15, 0.2) is 24.8 Å². The van der Waals surface area contributed by atoms with Gasteiger partial charge in [-0.25, -0.2) is 0 Å². The second-order valence-corrected chi connectivity index (χ2v) is 5.63. The Kier molecular flexibility index (Phi) is 8.05. The van der Waals surface area contributed by atoms with E-state index in [1.54, 1.807) is 17.0 Å². The number of aliphatic carboxylic acids is 1. The van der Waals surface area contributed by atoms with Crippen LogP contribution in [0.3, 0.4) is 0 Å². The Morgan fingerprint density at radius 1 is 1.44 bits per heavy atom. The molecule has 0 amide bonds. The number of carbonyl (C=O) groups is 1. The first-order valence-corrected chi connectivity index (χ1v) is 7.93. The van der Waals surface area contributed by atoms with Crippen molar-refractivity contribution in [1.29, 1.82) is 0 Å². The fourth-order valence-electron chi connectivity index (χ4n) is 2.20. The van der Waals surface area contributed by atoms with Gasteiger partial charge in [-0.1, -0.05) is 12.7 Å². The van der Waals surface area contributed by atoms with Gasteiger partial charge in [0.2, 0.25) is 10.7 Å². The number of carboxylic acid groups (broad SMARTS) is 1. The molecule has 2 rings (SSSR count). The van der Waals surface area contributed by atoms with Crippen LogP contribution in [-0.4, -0.2) is 34.0 Å². The molecule has 1 heterocycles. The van der Waals surface area contributed by atoms with Crippen molar-refractivity contribution in [2.45, 2.75) is 6.92 Å². The minimum absolute atomic E-state index is 0. The summed E-state index contributed by atoms with van der Waals surface area (Å²) in [6.45, 7) is 6.00. The number of nitrogens with one attached hydrogen (secondary N) is 3. The van der Waals surface area contributed by atoms with Crippen LogP contribution in [-0.2, 0) is 4.79 Å². The fraction of sp³-hybridized carbons (Fsp3) is 0.200. The maximum absolute atomic E-state index is 10.9. The molecule has 0 atom stereocenters. The second-order valence-electron chi connectivity index (χ2n) is 4.83. The molecule has 1 aromatic carbocycles. The van der Waals surface area contributed by atoms with Crippen LogP contribution in [0.2, 0.25) is 0 Å². The maximum atomic E-state index is 10.9. The van der Waals surface area contributed by atoms with Crippen molar-refractivity contribution in [1.82, 2.24) is 15.0 Å². The molecule has 3 N–H and O–H groups in total. The van der Waals surface area contributed by atoms with E-state index in [2.05, 4.69) is 26.8 Å². The van der Waals surface area contributed by atoms with E-state index in [1.165, 1.54) is 0 Å². The van der Waals surface area contributed by atoms with E-state index in [0.717, 1.165) is 16.9 Å². The molecule has 10 heteroatoms. The van der Waals surface area contributed by atoms with Crippen LogP contribution in [0.4, 0.5) is 17.3 Å². The molecule has 0 spiro atoms. The van der Waals surface area contributed by atoms with Gasteiger partial charge in [-0.15, -0.1) is 0 Å². The van der Waals surface area contributed by atoms with Crippen molar-refractivity contribution in [2.24, 2.45) is 0 Å². The number of hydrogen-bond acceptors (Lipinski definition) is 7. The molecule has 0 saturated carbocycles. The molecular formula is C15H16LiN5O2S2. The summed E-state index contributed by atoms with van der Waals surface area (Å²) in [7, 11) is 0. The Labute approximate surface area is 167 Å². The van der Waals surface area contributed by atoms with Crippen molar-refractivity contribution in [3.05, 3.63) is 39.9 Å². The molecule has 25 heavy (non-hydrogen) atoms. The molecule has 0 aliphatic carbocycles. The zero-order chi connectivity index (χ0) is 17.7. The standard InChI is InChI=1S/C15H17N5O2S2.Li/c1-3-9-7-10(16-13-17-14(23)19-15(24)18-13)5-6-11(9)20(4-2)8-12(21)22;/h3,5-7H,1,4,8H2,2H3,(H,21,22)(H3,16,17,18,19,23,24);/q;+1/p-1. The Hall–Kier alpha value is -1.92. The van der Waals surface area contributed by atoms with E-state index in [4.69, 9.17) is 24.4 Å². The summed E-state index contributed by atoms with van der Waals surface area (Å²) in [6.07, 6.45) is 1.66. The van der Waals surface area contributed by atoms with Gasteiger partial charge < -0.3 is 30.1 Å². The number of aromatic amines is 2. The first-order chi connectivity index (χ1) is 11.4. The zero-order valence-electron chi connectivity index (χ0n) is 14.0. The molecule has 0 aliphatic heterocycles. The van der Waals surface area contributed by atoms with Gasteiger partial charge in [0, 0.05) is 17.9 Å². The van der Waals surface area contributed by atoms with Crippen molar-refractivity contribution in [3.63, 3.8) is 0 Å². The smallest absolute Gasteiger partial charge is 0.548 e. The van der Waals surface area contributed by atoms with Crippen molar-refractivity contribution < 1.29 is 28.8 Å². The van der Waals surface area contributed by atoms with Crippen LogP contribution in [0, 0.1) is 9.54 Å². The average molecular weight is 369 g/mol. The van der Waals surface area contributed by atoms with Gasteiger partial charge in [0.05, 0.1) is 12.5 Å². The summed E-state index contributed by atoms with van der Waals surface area (Å²) in [4.78, 5) is 22.2. The van der Waals surface area contributed by atoms with Crippen molar-refractivity contribution in [3.8, 4) is 0 Å². The molecule has 1 aromatic heterocycles. The third-order valence-electron chi connectivity index (χ3n) is 3.22. The largest absolute Gasteiger partial charge is 1.00 e. The van der Waals surface area contributed by atoms with Gasteiger partial charge in [-0.3, -0.25) is 0 Å². The van der Waals surface area contributed by atoms with E-state index in [-0.39, 0.29) is 30.2 Å². The minimum Gasteiger partial charge on any atom is -0.548 e. The summed E-state index contributed by atoms with van der Waals surface area (Å²) >= 11 is 10.0. The number of rotatable bonds is 7. The normalized spacial score (nSPS) is 9.80. The number of hydrogen-bond donors (Lipinski definition) is 3. The number of likely N-dealkylation sites (N-methyl/N-ethyl adjacent to an activating group) is 1. The molecule has 0 fully saturated rings. The third kappa shape index (κ3) is 5.83. The molecule has 7 nitrogen and oxygen atoms in total. The molecule has 2 aromatic rings. The Morgan fingerprint density at radius 3 is 2.72 bits per heavy atom. The Bertz CT molecular complexity index is 852. The van der Waals surface area contributed by atoms with Crippen molar-refractivity contribution in [2.75, 3.05) is 23.3 Å². The van der Waals surface area contributed by atoms with Crippen LogP contribution in [0.5, 0.6) is 0 Å². The molecule has 0 bridgehead atoms. The molecule has 0 saturated heterocycles. The summed E-state index contributed by atoms with van der Waals surface area (Å²) in [5.41, 5.74) is 2.27. The van der Waals surface area contributed by atoms with Crippen LogP contribution in [0.1, 0.15) is 12.5 Å². The number of H-pyrrole nitrogens is 2. The number of carboxylic acids is 1. The molecule has 126 valence electrons. The van der Waals surface area contributed by atoms with E-state index in [9.17, 15) is 9.90 Å². The monoisotopic (exact) mass is 369 g/mol.